The zero-order valence-corrected chi connectivity index (χ0v) is 18.3. The van der Waals surface area contributed by atoms with Gasteiger partial charge in [-0.25, -0.2) is 8.42 Å². The minimum Gasteiger partial charge on any atom is -0.497 e. The second-order valence-corrected chi connectivity index (χ2v) is 9.43. The van der Waals surface area contributed by atoms with Crippen LogP contribution in [0.5, 0.6) is 17.2 Å². The van der Waals surface area contributed by atoms with Gasteiger partial charge in [-0.05, 0) is 56.2 Å². The van der Waals surface area contributed by atoms with Crippen molar-refractivity contribution >= 4 is 27.3 Å². The molecule has 0 unspecified atom stereocenters. The van der Waals surface area contributed by atoms with Gasteiger partial charge in [0.1, 0.15) is 5.75 Å². The Kier molecular flexibility index (Phi) is 6.12. The summed E-state index contributed by atoms with van der Waals surface area (Å²) < 4.78 is 42.1. The van der Waals surface area contributed by atoms with Gasteiger partial charge in [0.05, 0.1) is 27.0 Å². The molecule has 0 aliphatic carbocycles. The summed E-state index contributed by atoms with van der Waals surface area (Å²) in [5.74, 6) is 0.986. The van der Waals surface area contributed by atoms with Crippen molar-refractivity contribution in [3.63, 3.8) is 0 Å². The first-order valence-corrected chi connectivity index (χ1v) is 10.9. The van der Waals surface area contributed by atoms with Crippen LogP contribution in [0.25, 0.3) is 0 Å². The van der Waals surface area contributed by atoms with Crippen LogP contribution in [0.15, 0.2) is 42.5 Å². The molecule has 1 aliphatic heterocycles. The molecule has 1 aliphatic rings. The van der Waals surface area contributed by atoms with Crippen LogP contribution in [0.1, 0.15) is 19.8 Å². The molecule has 0 spiro atoms. The molecule has 30 heavy (non-hydrogen) atoms. The van der Waals surface area contributed by atoms with E-state index >= 15 is 0 Å². The highest BCUT2D eigenvalue weighted by Crippen LogP contribution is 2.37. The Morgan fingerprint density at radius 2 is 1.67 bits per heavy atom. The van der Waals surface area contributed by atoms with Crippen LogP contribution < -0.4 is 23.8 Å². The minimum atomic E-state index is -3.96. The van der Waals surface area contributed by atoms with Crippen LogP contribution in [0, 0.1) is 0 Å². The van der Waals surface area contributed by atoms with Gasteiger partial charge in [-0.15, -0.1) is 0 Å². The summed E-state index contributed by atoms with van der Waals surface area (Å²) in [5.41, 5.74) is 0.927. The lowest BCUT2D eigenvalue weighted by Crippen LogP contribution is -2.57. The van der Waals surface area contributed by atoms with Crippen LogP contribution in [-0.2, 0) is 14.8 Å². The number of amides is 1. The van der Waals surface area contributed by atoms with Gasteiger partial charge in [0.25, 0.3) is 0 Å². The summed E-state index contributed by atoms with van der Waals surface area (Å²) in [6, 6.07) is 11.6. The number of carbonyl (C=O) groups is 1. The van der Waals surface area contributed by atoms with Crippen LogP contribution in [0.2, 0.25) is 0 Å². The third kappa shape index (κ3) is 3.77. The Morgan fingerprint density at radius 3 is 2.27 bits per heavy atom. The SMILES string of the molecule is COc1ccc(N2CCC[C@](C)(C(=O)Nc3ccc(OC)c(OC)c3)S2(=O)=O)cc1. The molecular formula is C21H26N2O6S. The number of ether oxygens (including phenoxy) is 3. The highest BCUT2D eigenvalue weighted by atomic mass is 32.2. The van der Waals surface area contributed by atoms with Gasteiger partial charge in [0.15, 0.2) is 16.2 Å². The maximum atomic E-state index is 13.4. The van der Waals surface area contributed by atoms with E-state index in [1.165, 1.54) is 25.4 Å². The number of hydrogen-bond acceptors (Lipinski definition) is 6. The van der Waals surface area contributed by atoms with Crippen LogP contribution in [0.4, 0.5) is 11.4 Å². The van der Waals surface area contributed by atoms with Gasteiger partial charge in [0, 0.05) is 18.3 Å². The fraction of sp³-hybridized carbons (Fsp3) is 0.381. The van der Waals surface area contributed by atoms with Crippen LogP contribution >= 0.6 is 0 Å². The van der Waals surface area contributed by atoms with E-state index < -0.39 is 20.7 Å². The molecule has 2 aromatic rings. The summed E-state index contributed by atoms with van der Waals surface area (Å²) in [6.07, 6.45) is 0.780. The molecule has 1 heterocycles. The Balaban J connectivity index is 1.88. The minimum absolute atomic E-state index is 0.223. The van der Waals surface area contributed by atoms with E-state index in [1.807, 2.05) is 0 Å². The van der Waals surface area contributed by atoms with Crippen molar-refractivity contribution in [2.75, 3.05) is 37.5 Å². The van der Waals surface area contributed by atoms with Gasteiger partial charge in [-0.1, -0.05) is 0 Å². The summed E-state index contributed by atoms with van der Waals surface area (Å²) in [7, 11) is 0.587. The standard InChI is InChI=1S/C21H26N2O6S/c1-21(20(24)22-15-6-11-18(28-3)19(14-15)29-4)12-5-13-23(30(21,25)26)16-7-9-17(27-2)10-8-16/h6-11,14H,5,12-13H2,1-4H3,(H,22,24)/t21-/m1/s1. The predicted octanol–water partition coefficient (Wildman–Crippen LogP) is 3.04. The summed E-state index contributed by atoms with van der Waals surface area (Å²) in [5, 5.41) is 2.72. The van der Waals surface area contributed by atoms with Crippen molar-refractivity contribution < 1.29 is 27.4 Å². The largest absolute Gasteiger partial charge is 0.497 e. The molecule has 1 amide bonds. The summed E-state index contributed by atoms with van der Waals surface area (Å²) >= 11 is 0. The number of hydrogen-bond donors (Lipinski definition) is 1. The fourth-order valence-electron chi connectivity index (χ4n) is 3.48. The Labute approximate surface area is 176 Å². The topological polar surface area (TPSA) is 94.2 Å². The van der Waals surface area contributed by atoms with Crippen molar-refractivity contribution in [2.45, 2.75) is 24.5 Å². The second kappa shape index (κ2) is 8.43. The monoisotopic (exact) mass is 434 g/mol. The fourth-order valence-corrected chi connectivity index (χ4v) is 5.42. The van der Waals surface area contributed by atoms with Crippen LogP contribution in [0.3, 0.4) is 0 Å². The summed E-state index contributed by atoms with van der Waals surface area (Å²) in [6.45, 7) is 1.78. The number of anilines is 2. The van der Waals surface area contributed by atoms with Crippen molar-refractivity contribution in [1.29, 1.82) is 0 Å². The maximum Gasteiger partial charge on any atom is 0.249 e. The van der Waals surface area contributed by atoms with Gasteiger partial charge in [-0.2, -0.15) is 0 Å². The molecule has 162 valence electrons. The van der Waals surface area contributed by atoms with E-state index in [0.29, 0.717) is 41.6 Å². The average Bonchev–Trinajstić information content (AvgIpc) is 2.75. The highest BCUT2D eigenvalue weighted by molar-refractivity contribution is 7.95. The first kappa shape index (κ1) is 21.8. The van der Waals surface area contributed by atoms with Crippen molar-refractivity contribution in [3.8, 4) is 17.2 Å². The lowest BCUT2D eigenvalue weighted by atomic mass is 10.0. The molecule has 1 saturated heterocycles. The zero-order valence-electron chi connectivity index (χ0n) is 17.5. The number of sulfonamides is 1. The number of nitrogens with one attached hydrogen (secondary N) is 1. The number of benzene rings is 2. The van der Waals surface area contributed by atoms with Gasteiger partial charge >= 0.3 is 0 Å². The van der Waals surface area contributed by atoms with E-state index in [2.05, 4.69) is 5.32 Å². The first-order valence-electron chi connectivity index (χ1n) is 9.46. The molecular weight excluding hydrogens is 408 g/mol. The third-order valence-electron chi connectivity index (χ3n) is 5.36. The quantitative estimate of drug-likeness (QED) is 0.751. The van der Waals surface area contributed by atoms with Gasteiger partial charge < -0.3 is 19.5 Å². The zero-order chi connectivity index (χ0) is 21.9. The molecule has 0 bridgehead atoms. The Morgan fingerprint density at radius 1 is 1.00 bits per heavy atom. The number of carbonyl (C=O) groups excluding carboxylic acids is 1. The lowest BCUT2D eigenvalue weighted by Gasteiger charge is -2.39. The van der Waals surface area contributed by atoms with Gasteiger partial charge in [0.2, 0.25) is 15.9 Å². The molecule has 1 N–H and O–H groups in total. The third-order valence-corrected chi connectivity index (χ3v) is 7.86. The lowest BCUT2D eigenvalue weighted by molar-refractivity contribution is -0.118. The van der Waals surface area contributed by atoms with Crippen molar-refractivity contribution in [3.05, 3.63) is 42.5 Å². The molecule has 1 fully saturated rings. The van der Waals surface area contributed by atoms with Crippen molar-refractivity contribution in [1.82, 2.24) is 0 Å². The van der Waals surface area contributed by atoms with Crippen molar-refractivity contribution in [2.24, 2.45) is 0 Å². The molecule has 0 saturated carbocycles. The number of rotatable bonds is 6. The molecule has 2 aromatic carbocycles. The highest BCUT2D eigenvalue weighted by Gasteiger charge is 2.52. The maximum absolute atomic E-state index is 13.4. The van der Waals surface area contributed by atoms with Gasteiger partial charge in [-0.3, -0.25) is 9.10 Å². The number of nitrogens with zero attached hydrogens (tertiary/aromatic N) is 1. The smallest absolute Gasteiger partial charge is 0.249 e. The molecule has 1 atom stereocenters. The molecule has 0 aromatic heterocycles. The van der Waals surface area contributed by atoms with Crippen LogP contribution in [-0.4, -0.2) is 46.9 Å². The van der Waals surface area contributed by atoms with E-state index in [1.54, 1.807) is 49.6 Å². The average molecular weight is 435 g/mol. The Hall–Kier alpha value is -2.94. The van der Waals surface area contributed by atoms with E-state index in [4.69, 9.17) is 14.2 Å². The molecule has 8 nitrogen and oxygen atoms in total. The molecule has 9 heteroatoms. The number of methoxy groups -OCH3 is 3. The normalized spacial score (nSPS) is 20.3. The van der Waals surface area contributed by atoms with E-state index in [9.17, 15) is 13.2 Å². The van der Waals surface area contributed by atoms with E-state index in [-0.39, 0.29) is 6.42 Å². The molecule has 0 radical (unpaired) electrons. The predicted molar refractivity (Wildman–Crippen MR) is 115 cm³/mol. The Bertz CT molecular complexity index is 1020. The van der Waals surface area contributed by atoms with E-state index in [0.717, 1.165) is 0 Å². The molecule has 3 rings (SSSR count). The first-order chi connectivity index (χ1) is 14.3. The summed E-state index contributed by atoms with van der Waals surface area (Å²) in [4.78, 5) is 13.1. The second-order valence-electron chi connectivity index (χ2n) is 7.13.